The number of amides is 1. The zero-order valence-electron chi connectivity index (χ0n) is 10.0. The molecule has 0 saturated carbocycles. The molecule has 0 fully saturated rings. The molecule has 0 unspecified atom stereocenters. The van der Waals surface area contributed by atoms with E-state index in [0.717, 1.165) is 22.1 Å². The molecule has 0 saturated heterocycles. The molecular formula is C12H18Cl2N2OS. The van der Waals surface area contributed by atoms with Gasteiger partial charge in [-0.2, -0.15) is 0 Å². The van der Waals surface area contributed by atoms with Crippen LogP contribution in [0.2, 0.25) is 5.02 Å². The summed E-state index contributed by atoms with van der Waals surface area (Å²) in [6.07, 6.45) is 1.26. The van der Waals surface area contributed by atoms with Gasteiger partial charge in [-0.05, 0) is 37.2 Å². The quantitative estimate of drug-likeness (QED) is 0.601. The van der Waals surface area contributed by atoms with E-state index in [1.165, 1.54) is 0 Å². The summed E-state index contributed by atoms with van der Waals surface area (Å²) in [7, 11) is 0. The van der Waals surface area contributed by atoms with Gasteiger partial charge in [-0.15, -0.1) is 24.2 Å². The Bertz CT molecular complexity index is 346. The zero-order valence-corrected chi connectivity index (χ0v) is 12.4. The Morgan fingerprint density at radius 2 is 2.00 bits per heavy atom. The van der Waals surface area contributed by atoms with E-state index >= 15 is 0 Å². The minimum atomic E-state index is 0. The van der Waals surface area contributed by atoms with Crippen LogP contribution < -0.4 is 11.1 Å². The number of hydrogen-bond donors (Lipinski definition) is 2. The fourth-order valence-electron chi connectivity index (χ4n) is 1.24. The summed E-state index contributed by atoms with van der Waals surface area (Å²) in [6.45, 7) is 1.24. The molecule has 0 atom stereocenters. The number of nitrogens with two attached hydrogens (primary N) is 1. The fourth-order valence-corrected chi connectivity index (χ4v) is 2.14. The molecule has 18 heavy (non-hydrogen) atoms. The highest BCUT2D eigenvalue weighted by Crippen LogP contribution is 2.19. The summed E-state index contributed by atoms with van der Waals surface area (Å²) in [5.41, 5.74) is 5.32. The standard InChI is InChI=1S/C12H17ClN2OS.ClH/c13-10-3-5-11(6-4-10)17-9-8-15-12(16)2-1-7-14;/h3-6H,1-2,7-9,14H2,(H,15,16);1H. The third-order valence-electron chi connectivity index (χ3n) is 2.11. The van der Waals surface area contributed by atoms with Crippen LogP contribution in [-0.4, -0.2) is 24.7 Å². The van der Waals surface area contributed by atoms with Crippen molar-refractivity contribution < 1.29 is 4.79 Å². The first-order valence-electron chi connectivity index (χ1n) is 5.57. The summed E-state index contributed by atoms with van der Waals surface area (Å²) < 4.78 is 0. The fraction of sp³-hybridized carbons (Fsp3) is 0.417. The molecule has 1 amide bonds. The van der Waals surface area contributed by atoms with E-state index in [2.05, 4.69) is 5.32 Å². The van der Waals surface area contributed by atoms with Crippen LogP contribution in [0.25, 0.3) is 0 Å². The van der Waals surface area contributed by atoms with Crippen molar-refractivity contribution in [2.24, 2.45) is 5.73 Å². The van der Waals surface area contributed by atoms with Crippen LogP contribution in [0.4, 0.5) is 0 Å². The molecule has 1 aromatic rings. The Hall–Kier alpha value is -0.420. The van der Waals surface area contributed by atoms with Crippen molar-refractivity contribution in [3.63, 3.8) is 0 Å². The van der Waals surface area contributed by atoms with Crippen molar-refractivity contribution in [1.29, 1.82) is 0 Å². The normalized spacial score (nSPS) is 9.67. The maximum Gasteiger partial charge on any atom is 0.220 e. The van der Waals surface area contributed by atoms with Crippen LogP contribution in [0.1, 0.15) is 12.8 Å². The Morgan fingerprint density at radius 1 is 1.33 bits per heavy atom. The molecule has 3 nitrogen and oxygen atoms in total. The molecule has 0 spiro atoms. The summed E-state index contributed by atoms with van der Waals surface area (Å²) in [5.74, 6) is 0.933. The highest BCUT2D eigenvalue weighted by atomic mass is 35.5. The van der Waals surface area contributed by atoms with Crippen molar-refractivity contribution in [1.82, 2.24) is 5.32 Å². The van der Waals surface area contributed by atoms with Crippen LogP contribution in [0, 0.1) is 0 Å². The van der Waals surface area contributed by atoms with Gasteiger partial charge in [-0.3, -0.25) is 4.79 Å². The molecule has 3 N–H and O–H groups in total. The smallest absolute Gasteiger partial charge is 0.220 e. The number of nitrogens with one attached hydrogen (secondary N) is 1. The average Bonchev–Trinajstić information content (AvgIpc) is 2.34. The van der Waals surface area contributed by atoms with Crippen LogP contribution in [0.3, 0.4) is 0 Å². The maximum absolute atomic E-state index is 11.3. The van der Waals surface area contributed by atoms with E-state index in [9.17, 15) is 4.79 Å². The summed E-state index contributed by atoms with van der Waals surface area (Å²) in [5, 5.41) is 3.60. The first kappa shape index (κ1) is 17.6. The molecular weight excluding hydrogens is 291 g/mol. The monoisotopic (exact) mass is 308 g/mol. The van der Waals surface area contributed by atoms with Gasteiger partial charge in [0.25, 0.3) is 0 Å². The van der Waals surface area contributed by atoms with Gasteiger partial charge in [0.05, 0.1) is 0 Å². The summed E-state index contributed by atoms with van der Waals surface area (Å²) in [4.78, 5) is 12.4. The lowest BCUT2D eigenvalue weighted by molar-refractivity contribution is -0.121. The lowest BCUT2D eigenvalue weighted by Crippen LogP contribution is -2.25. The van der Waals surface area contributed by atoms with Crippen molar-refractivity contribution >= 4 is 41.7 Å². The van der Waals surface area contributed by atoms with Gasteiger partial charge in [0.1, 0.15) is 0 Å². The van der Waals surface area contributed by atoms with Gasteiger partial charge in [0.15, 0.2) is 0 Å². The van der Waals surface area contributed by atoms with Crippen molar-refractivity contribution in [3.05, 3.63) is 29.3 Å². The Morgan fingerprint density at radius 3 is 2.61 bits per heavy atom. The van der Waals surface area contributed by atoms with E-state index in [0.29, 0.717) is 19.5 Å². The lowest BCUT2D eigenvalue weighted by Gasteiger charge is -2.04. The van der Waals surface area contributed by atoms with Crippen molar-refractivity contribution in [2.75, 3.05) is 18.8 Å². The second kappa shape index (κ2) is 10.5. The molecule has 0 aromatic heterocycles. The number of carbonyl (C=O) groups is 1. The Kier molecular flexibility index (Phi) is 10.3. The molecule has 1 rings (SSSR count). The first-order valence-corrected chi connectivity index (χ1v) is 6.94. The van der Waals surface area contributed by atoms with Crippen LogP contribution in [0.5, 0.6) is 0 Å². The Balaban J connectivity index is 0.00000289. The number of benzene rings is 1. The van der Waals surface area contributed by atoms with E-state index in [-0.39, 0.29) is 18.3 Å². The summed E-state index contributed by atoms with van der Waals surface area (Å²) in [6, 6.07) is 7.68. The topological polar surface area (TPSA) is 55.1 Å². The second-order valence-corrected chi connectivity index (χ2v) is 5.15. The molecule has 0 radical (unpaired) electrons. The first-order chi connectivity index (χ1) is 8.22. The van der Waals surface area contributed by atoms with Crippen LogP contribution in [-0.2, 0) is 4.79 Å². The van der Waals surface area contributed by atoms with Crippen molar-refractivity contribution in [3.8, 4) is 0 Å². The van der Waals surface area contributed by atoms with Gasteiger partial charge < -0.3 is 11.1 Å². The molecule has 6 heteroatoms. The molecule has 0 aliphatic rings. The molecule has 0 bridgehead atoms. The molecule has 1 aromatic carbocycles. The van der Waals surface area contributed by atoms with Crippen LogP contribution in [0.15, 0.2) is 29.2 Å². The predicted octanol–water partition coefficient (Wildman–Crippen LogP) is 2.71. The highest BCUT2D eigenvalue weighted by Gasteiger charge is 1.99. The zero-order chi connectivity index (χ0) is 12.5. The van der Waals surface area contributed by atoms with E-state index in [1.807, 2.05) is 24.3 Å². The third kappa shape index (κ3) is 7.82. The maximum atomic E-state index is 11.3. The van der Waals surface area contributed by atoms with E-state index < -0.39 is 0 Å². The number of halogens is 2. The summed E-state index contributed by atoms with van der Waals surface area (Å²) >= 11 is 7.48. The van der Waals surface area contributed by atoms with Gasteiger partial charge in [-0.1, -0.05) is 11.6 Å². The van der Waals surface area contributed by atoms with E-state index in [1.54, 1.807) is 11.8 Å². The minimum Gasteiger partial charge on any atom is -0.355 e. The number of thioether (sulfide) groups is 1. The second-order valence-electron chi connectivity index (χ2n) is 3.54. The molecule has 102 valence electrons. The number of rotatable bonds is 7. The van der Waals surface area contributed by atoms with Gasteiger partial charge in [0.2, 0.25) is 5.91 Å². The number of hydrogen-bond acceptors (Lipinski definition) is 3. The minimum absolute atomic E-state index is 0. The number of carbonyl (C=O) groups excluding carboxylic acids is 1. The third-order valence-corrected chi connectivity index (χ3v) is 3.38. The van der Waals surface area contributed by atoms with E-state index in [4.69, 9.17) is 17.3 Å². The lowest BCUT2D eigenvalue weighted by atomic mass is 10.3. The largest absolute Gasteiger partial charge is 0.355 e. The predicted molar refractivity (Wildman–Crippen MR) is 80.7 cm³/mol. The highest BCUT2D eigenvalue weighted by molar-refractivity contribution is 7.99. The molecule has 0 aliphatic heterocycles. The molecule has 0 heterocycles. The average molecular weight is 309 g/mol. The van der Waals surface area contributed by atoms with Gasteiger partial charge in [0, 0.05) is 28.6 Å². The Labute approximate surface area is 123 Å². The SMILES string of the molecule is Cl.NCCCC(=O)NCCSc1ccc(Cl)cc1. The van der Waals surface area contributed by atoms with Gasteiger partial charge in [-0.25, -0.2) is 0 Å². The van der Waals surface area contributed by atoms with Gasteiger partial charge >= 0.3 is 0 Å². The van der Waals surface area contributed by atoms with Crippen LogP contribution >= 0.6 is 35.8 Å². The van der Waals surface area contributed by atoms with Crippen molar-refractivity contribution in [2.45, 2.75) is 17.7 Å². The molecule has 0 aliphatic carbocycles.